The second kappa shape index (κ2) is 5.41. The predicted octanol–water partition coefficient (Wildman–Crippen LogP) is 2.04. The number of benzene rings is 1. The van der Waals surface area contributed by atoms with Crippen LogP contribution in [0.15, 0.2) is 12.1 Å². The van der Waals surface area contributed by atoms with E-state index in [9.17, 15) is 9.59 Å². The van der Waals surface area contributed by atoms with Crippen LogP contribution < -0.4 is 14.8 Å². The number of nitrogens with one attached hydrogen (secondary N) is 1. The van der Waals surface area contributed by atoms with E-state index in [-0.39, 0.29) is 36.1 Å². The maximum atomic E-state index is 12.8. The molecule has 7 heteroatoms. The molecule has 0 aromatic heterocycles. The molecule has 1 atom stereocenters. The fourth-order valence-corrected chi connectivity index (χ4v) is 5.11. The van der Waals surface area contributed by atoms with Crippen molar-refractivity contribution in [3.05, 3.63) is 23.3 Å². The van der Waals surface area contributed by atoms with Crippen molar-refractivity contribution in [1.82, 2.24) is 10.2 Å². The number of hydrogen-bond donors (Lipinski definition) is 1. The first-order valence-electron chi connectivity index (χ1n) is 10.2. The number of amides is 3. The molecule has 1 N–H and O–H groups in total. The summed E-state index contributed by atoms with van der Waals surface area (Å²) in [5.74, 6) is 1.76. The summed E-state index contributed by atoms with van der Waals surface area (Å²) >= 11 is 0. The molecule has 1 aromatic rings. The summed E-state index contributed by atoms with van der Waals surface area (Å²) in [6, 6.07) is 3.71. The minimum Gasteiger partial charge on any atom is -0.492 e. The van der Waals surface area contributed by atoms with Crippen LogP contribution in [0.3, 0.4) is 0 Å². The standard InChI is InChI=1S/C21H24N2O5/c1-12-2-3-15(16-17(12)27-10-20(16)4-5-20)28-14-8-13(9-14)23-18(24)21(22-19(23)25)6-7-26-11-21/h2-3,13-14H,4-11H2,1H3,(H,22,25)/t13?,14?,21-/m0/s1. The molecule has 28 heavy (non-hydrogen) atoms. The zero-order chi connectivity index (χ0) is 19.1. The van der Waals surface area contributed by atoms with Gasteiger partial charge >= 0.3 is 6.03 Å². The smallest absolute Gasteiger partial charge is 0.325 e. The minimum absolute atomic E-state index is 0.0187. The van der Waals surface area contributed by atoms with Gasteiger partial charge in [-0.1, -0.05) is 6.07 Å². The number of ether oxygens (including phenoxy) is 3. The van der Waals surface area contributed by atoms with Crippen molar-refractivity contribution < 1.29 is 23.8 Å². The average molecular weight is 384 g/mol. The van der Waals surface area contributed by atoms with Crippen molar-refractivity contribution in [2.24, 2.45) is 0 Å². The highest BCUT2D eigenvalue weighted by Crippen LogP contribution is 2.59. The lowest BCUT2D eigenvalue weighted by molar-refractivity contribution is -0.135. The molecule has 2 spiro atoms. The third-order valence-corrected chi connectivity index (χ3v) is 7.14. The van der Waals surface area contributed by atoms with Gasteiger partial charge in [0, 0.05) is 42.9 Å². The Kier molecular flexibility index (Phi) is 3.22. The number of urea groups is 1. The van der Waals surface area contributed by atoms with E-state index >= 15 is 0 Å². The number of hydrogen-bond acceptors (Lipinski definition) is 5. The molecule has 5 aliphatic rings. The topological polar surface area (TPSA) is 77.1 Å². The lowest BCUT2D eigenvalue weighted by Gasteiger charge is -2.40. The number of imide groups is 1. The molecule has 2 saturated heterocycles. The molecule has 7 nitrogen and oxygen atoms in total. The number of carbonyl (C=O) groups is 2. The predicted molar refractivity (Wildman–Crippen MR) is 98.6 cm³/mol. The van der Waals surface area contributed by atoms with Crippen LogP contribution in [0, 0.1) is 6.92 Å². The molecule has 1 aromatic carbocycles. The Morgan fingerprint density at radius 1 is 1.18 bits per heavy atom. The van der Waals surface area contributed by atoms with E-state index in [0.717, 1.165) is 36.5 Å². The Balaban J connectivity index is 1.17. The Morgan fingerprint density at radius 2 is 2.00 bits per heavy atom. The van der Waals surface area contributed by atoms with Gasteiger partial charge in [-0.2, -0.15) is 0 Å². The van der Waals surface area contributed by atoms with E-state index in [0.29, 0.717) is 25.9 Å². The van der Waals surface area contributed by atoms with Crippen LogP contribution in [0.2, 0.25) is 0 Å². The minimum atomic E-state index is -0.837. The molecule has 3 aliphatic heterocycles. The average Bonchev–Trinajstić information content (AvgIpc) is 2.98. The third-order valence-electron chi connectivity index (χ3n) is 7.14. The molecule has 6 rings (SSSR count). The molecule has 2 aliphatic carbocycles. The van der Waals surface area contributed by atoms with Crippen molar-refractivity contribution in [1.29, 1.82) is 0 Å². The molecule has 0 radical (unpaired) electrons. The van der Waals surface area contributed by atoms with Crippen LogP contribution in [0.25, 0.3) is 0 Å². The second-order valence-electron chi connectivity index (χ2n) is 9.01. The van der Waals surface area contributed by atoms with Crippen molar-refractivity contribution in [2.45, 2.75) is 62.1 Å². The Bertz CT molecular complexity index is 881. The zero-order valence-electron chi connectivity index (χ0n) is 16.0. The van der Waals surface area contributed by atoms with E-state index in [1.54, 1.807) is 0 Å². The summed E-state index contributed by atoms with van der Waals surface area (Å²) in [6.45, 7) is 3.62. The summed E-state index contributed by atoms with van der Waals surface area (Å²) in [4.78, 5) is 26.6. The summed E-state index contributed by atoms with van der Waals surface area (Å²) < 4.78 is 17.7. The maximum Gasteiger partial charge on any atom is 0.325 e. The van der Waals surface area contributed by atoms with Gasteiger partial charge in [-0.3, -0.25) is 9.69 Å². The summed E-state index contributed by atoms with van der Waals surface area (Å²) in [6.07, 6.45) is 4.22. The van der Waals surface area contributed by atoms with Crippen LogP contribution in [-0.4, -0.2) is 54.3 Å². The van der Waals surface area contributed by atoms with Crippen molar-refractivity contribution in [3.8, 4) is 11.5 Å². The summed E-state index contributed by atoms with van der Waals surface area (Å²) in [5, 5.41) is 2.86. The molecule has 3 amide bonds. The van der Waals surface area contributed by atoms with Gasteiger partial charge in [-0.15, -0.1) is 0 Å². The van der Waals surface area contributed by atoms with E-state index < -0.39 is 5.54 Å². The zero-order valence-corrected chi connectivity index (χ0v) is 16.0. The highest BCUT2D eigenvalue weighted by atomic mass is 16.5. The van der Waals surface area contributed by atoms with Crippen LogP contribution >= 0.6 is 0 Å². The summed E-state index contributed by atoms with van der Waals surface area (Å²) in [5.41, 5.74) is 1.70. The monoisotopic (exact) mass is 384 g/mol. The van der Waals surface area contributed by atoms with Crippen molar-refractivity contribution in [2.75, 3.05) is 19.8 Å². The van der Waals surface area contributed by atoms with Gasteiger partial charge in [0.25, 0.3) is 5.91 Å². The van der Waals surface area contributed by atoms with Crippen molar-refractivity contribution >= 4 is 11.9 Å². The fraction of sp³-hybridized carbons (Fsp3) is 0.619. The first-order chi connectivity index (χ1) is 13.5. The highest BCUT2D eigenvalue weighted by Gasteiger charge is 2.57. The van der Waals surface area contributed by atoms with Gasteiger partial charge in [0.1, 0.15) is 23.1 Å². The SMILES string of the molecule is Cc1ccc(OC2CC(N3C(=O)N[C@]4(CCOC4)C3=O)C2)c2c1OCC21CC1. The number of nitrogens with zero attached hydrogens (tertiary/aromatic N) is 1. The van der Waals surface area contributed by atoms with Gasteiger partial charge in [-0.05, 0) is 31.4 Å². The molecule has 4 fully saturated rings. The summed E-state index contributed by atoms with van der Waals surface area (Å²) in [7, 11) is 0. The molecule has 0 bridgehead atoms. The van der Waals surface area contributed by atoms with E-state index in [4.69, 9.17) is 14.2 Å². The highest BCUT2D eigenvalue weighted by molar-refractivity contribution is 6.07. The number of aryl methyl sites for hydroxylation is 1. The fourth-order valence-electron chi connectivity index (χ4n) is 5.11. The molecular formula is C21H24N2O5. The second-order valence-corrected chi connectivity index (χ2v) is 9.01. The Labute approximate surface area is 163 Å². The van der Waals surface area contributed by atoms with E-state index in [1.807, 2.05) is 6.07 Å². The van der Waals surface area contributed by atoms with Crippen LogP contribution in [0.1, 0.15) is 43.2 Å². The number of rotatable bonds is 3. The first kappa shape index (κ1) is 16.7. The molecule has 3 heterocycles. The first-order valence-corrected chi connectivity index (χ1v) is 10.2. The van der Waals surface area contributed by atoms with E-state index in [1.165, 1.54) is 10.5 Å². The maximum absolute atomic E-state index is 12.8. The third kappa shape index (κ3) is 2.14. The normalized spacial score (nSPS) is 34.4. The van der Waals surface area contributed by atoms with Gasteiger partial charge < -0.3 is 19.5 Å². The lowest BCUT2D eigenvalue weighted by Crippen LogP contribution is -2.53. The van der Waals surface area contributed by atoms with Gasteiger partial charge in [-0.25, -0.2) is 4.79 Å². The molecule has 2 saturated carbocycles. The van der Waals surface area contributed by atoms with E-state index in [2.05, 4.69) is 18.3 Å². The molecule has 0 unspecified atom stereocenters. The van der Waals surface area contributed by atoms with Crippen LogP contribution in [0.5, 0.6) is 11.5 Å². The number of fused-ring (bicyclic) bond motifs is 2. The van der Waals surface area contributed by atoms with Crippen LogP contribution in [0.4, 0.5) is 4.79 Å². The van der Waals surface area contributed by atoms with Crippen LogP contribution in [-0.2, 0) is 14.9 Å². The van der Waals surface area contributed by atoms with Crippen molar-refractivity contribution in [3.63, 3.8) is 0 Å². The lowest BCUT2D eigenvalue weighted by atomic mass is 9.86. The van der Waals surface area contributed by atoms with Gasteiger partial charge in [0.05, 0.1) is 13.2 Å². The molecular weight excluding hydrogens is 360 g/mol. The van der Waals surface area contributed by atoms with Gasteiger partial charge in [0.15, 0.2) is 0 Å². The Morgan fingerprint density at radius 3 is 2.71 bits per heavy atom. The number of carbonyl (C=O) groups excluding carboxylic acids is 2. The quantitative estimate of drug-likeness (QED) is 0.807. The Hall–Kier alpha value is -2.28. The largest absolute Gasteiger partial charge is 0.492 e. The molecule has 148 valence electrons. The van der Waals surface area contributed by atoms with Gasteiger partial charge in [0.2, 0.25) is 0 Å².